The van der Waals surface area contributed by atoms with Gasteiger partial charge in [-0.15, -0.1) is 0 Å². The SMILES string of the molecule is CC(=O)C(NC(=O)NC(C)C)C(C)(C)C. The minimum absolute atomic E-state index is 0.0265. The molecule has 0 aliphatic carbocycles. The zero-order valence-electron chi connectivity index (χ0n) is 10.5. The van der Waals surface area contributed by atoms with Gasteiger partial charge in [0, 0.05) is 6.04 Å². The molecule has 0 fully saturated rings. The molecule has 0 aromatic carbocycles. The van der Waals surface area contributed by atoms with E-state index >= 15 is 0 Å². The molecule has 1 unspecified atom stereocenters. The van der Waals surface area contributed by atoms with Crippen LogP contribution in [0.2, 0.25) is 0 Å². The second kappa shape index (κ2) is 5.14. The number of Topliss-reactive ketones (excluding diaryl/α,β-unsaturated/α-hetero) is 1. The number of carbonyl (C=O) groups is 2. The summed E-state index contributed by atoms with van der Waals surface area (Å²) in [6, 6.07) is -0.672. The van der Waals surface area contributed by atoms with Gasteiger partial charge in [0.1, 0.15) is 0 Å². The summed E-state index contributed by atoms with van der Waals surface area (Å²) in [5.41, 5.74) is -0.264. The lowest BCUT2D eigenvalue weighted by atomic mass is 9.84. The lowest BCUT2D eigenvalue weighted by Crippen LogP contribution is -2.52. The van der Waals surface area contributed by atoms with Gasteiger partial charge in [0.15, 0.2) is 5.78 Å². The summed E-state index contributed by atoms with van der Waals surface area (Å²) >= 11 is 0. The molecule has 4 heteroatoms. The van der Waals surface area contributed by atoms with Crippen molar-refractivity contribution in [2.45, 2.75) is 53.6 Å². The Labute approximate surface area is 91.8 Å². The zero-order chi connectivity index (χ0) is 12.2. The van der Waals surface area contributed by atoms with Crippen LogP contribution in [0.1, 0.15) is 41.5 Å². The van der Waals surface area contributed by atoms with E-state index in [1.54, 1.807) is 0 Å². The minimum atomic E-state index is -0.448. The monoisotopic (exact) mass is 214 g/mol. The van der Waals surface area contributed by atoms with E-state index in [1.165, 1.54) is 6.92 Å². The first-order valence-electron chi connectivity index (χ1n) is 5.22. The molecule has 0 spiro atoms. The summed E-state index contributed by atoms with van der Waals surface area (Å²) < 4.78 is 0. The maximum Gasteiger partial charge on any atom is 0.315 e. The molecule has 2 N–H and O–H groups in total. The molecule has 0 aliphatic rings. The molecule has 0 saturated heterocycles. The van der Waals surface area contributed by atoms with E-state index in [1.807, 2.05) is 34.6 Å². The lowest BCUT2D eigenvalue weighted by molar-refractivity contribution is -0.121. The summed E-state index contributed by atoms with van der Waals surface area (Å²) in [4.78, 5) is 22.8. The predicted molar refractivity (Wildman–Crippen MR) is 60.7 cm³/mol. The molecule has 0 aromatic rings. The van der Waals surface area contributed by atoms with Gasteiger partial charge < -0.3 is 10.6 Å². The predicted octanol–water partition coefficient (Wildman–Crippen LogP) is 1.70. The number of ketones is 1. The minimum Gasteiger partial charge on any atom is -0.336 e. The van der Waals surface area contributed by atoms with E-state index < -0.39 is 6.04 Å². The summed E-state index contributed by atoms with van der Waals surface area (Å²) in [5, 5.41) is 5.39. The van der Waals surface area contributed by atoms with Crippen LogP contribution in [0.3, 0.4) is 0 Å². The van der Waals surface area contributed by atoms with Crippen molar-refractivity contribution in [1.29, 1.82) is 0 Å². The molecule has 0 aromatic heterocycles. The van der Waals surface area contributed by atoms with E-state index in [4.69, 9.17) is 0 Å². The maximum absolute atomic E-state index is 11.4. The average Bonchev–Trinajstić information content (AvgIpc) is 1.95. The summed E-state index contributed by atoms with van der Waals surface area (Å²) in [6.07, 6.45) is 0. The Kier molecular flexibility index (Phi) is 4.78. The number of hydrogen-bond acceptors (Lipinski definition) is 2. The quantitative estimate of drug-likeness (QED) is 0.751. The number of hydrogen-bond donors (Lipinski definition) is 2. The van der Waals surface area contributed by atoms with Gasteiger partial charge in [-0.2, -0.15) is 0 Å². The molecule has 0 radical (unpaired) electrons. The first-order chi connectivity index (χ1) is 6.64. The highest BCUT2D eigenvalue weighted by Crippen LogP contribution is 2.19. The van der Waals surface area contributed by atoms with E-state index in [2.05, 4.69) is 10.6 Å². The fourth-order valence-corrected chi connectivity index (χ4v) is 1.36. The number of rotatable bonds is 3. The van der Waals surface area contributed by atoms with E-state index in [0.717, 1.165) is 0 Å². The van der Waals surface area contributed by atoms with Crippen LogP contribution >= 0.6 is 0 Å². The molecule has 1 atom stereocenters. The average molecular weight is 214 g/mol. The van der Waals surface area contributed by atoms with Crippen LogP contribution in [0.15, 0.2) is 0 Å². The Balaban J connectivity index is 4.44. The Morgan fingerprint density at radius 2 is 1.53 bits per heavy atom. The number of amides is 2. The molecule has 2 amide bonds. The third kappa shape index (κ3) is 5.40. The molecular weight excluding hydrogens is 192 g/mol. The van der Waals surface area contributed by atoms with Gasteiger partial charge in [-0.1, -0.05) is 20.8 Å². The lowest BCUT2D eigenvalue weighted by Gasteiger charge is -2.29. The summed E-state index contributed by atoms with van der Waals surface area (Å²) in [6.45, 7) is 11.0. The number of carbonyl (C=O) groups excluding carboxylic acids is 2. The Morgan fingerprint density at radius 1 is 1.07 bits per heavy atom. The molecule has 4 nitrogen and oxygen atoms in total. The van der Waals surface area contributed by atoms with Crippen LogP contribution in [0, 0.1) is 5.41 Å². The Hall–Kier alpha value is -1.06. The van der Waals surface area contributed by atoms with Crippen molar-refractivity contribution < 1.29 is 9.59 Å². The third-order valence-corrected chi connectivity index (χ3v) is 1.97. The van der Waals surface area contributed by atoms with Gasteiger partial charge in [0.25, 0.3) is 0 Å². The molecule has 0 saturated carbocycles. The van der Waals surface area contributed by atoms with Crippen LogP contribution in [-0.2, 0) is 4.79 Å². The fraction of sp³-hybridized carbons (Fsp3) is 0.818. The van der Waals surface area contributed by atoms with Crippen molar-refractivity contribution in [3.8, 4) is 0 Å². The molecule has 0 aliphatic heterocycles. The van der Waals surface area contributed by atoms with Crippen molar-refractivity contribution in [3.63, 3.8) is 0 Å². The largest absolute Gasteiger partial charge is 0.336 e. The molecule has 0 bridgehead atoms. The Morgan fingerprint density at radius 3 is 1.80 bits per heavy atom. The van der Waals surface area contributed by atoms with Gasteiger partial charge in [-0.3, -0.25) is 4.79 Å². The van der Waals surface area contributed by atoms with Crippen molar-refractivity contribution in [2.75, 3.05) is 0 Å². The van der Waals surface area contributed by atoms with Gasteiger partial charge in [-0.25, -0.2) is 4.79 Å². The third-order valence-electron chi connectivity index (χ3n) is 1.97. The van der Waals surface area contributed by atoms with Crippen molar-refractivity contribution in [3.05, 3.63) is 0 Å². The number of nitrogens with one attached hydrogen (secondary N) is 2. The first kappa shape index (κ1) is 13.9. The standard InChI is InChI=1S/C11H22N2O2/c1-7(2)12-10(15)13-9(8(3)14)11(4,5)6/h7,9H,1-6H3,(H2,12,13,15). The molecular formula is C11H22N2O2. The molecule has 0 heterocycles. The first-order valence-corrected chi connectivity index (χ1v) is 5.22. The van der Waals surface area contributed by atoms with Crippen LogP contribution in [-0.4, -0.2) is 23.9 Å². The van der Waals surface area contributed by atoms with Crippen molar-refractivity contribution in [2.24, 2.45) is 5.41 Å². The van der Waals surface area contributed by atoms with Crippen molar-refractivity contribution in [1.82, 2.24) is 10.6 Å². The highest BCUT2D eigenvalue weighted by atomic mass is 16.2. The van der Waals surface area contributed by atoms with Crippen LogP contribution in [0.5, 0.6) is 0 Å². The van der Waals surface area contributed by atoms with Gasteiger partial charge in [0.2, 0.25) is 0 Å². The summed E-state index contributed by atoms with van der Waals surface area (Å²) in [5.74, 6) is -0.0265. The maximum atomic E-state index is 11.4. The number of urea groups is 1. The summed E-state index contributed by atoms with van der Waals surface area (Å²) in [7, 11) is 0. The van der Waals surface area contributed by atoms with E-state index in [9.17, 15) is 9.59 Å². The van der Waals surface area contributed by atoms with Crippen molar-refractivity contribution >= 4 is 11.8 Å². The highest BCUT2D eigenvalue weighted by Gasteiger charge is 2.29. The smallest absolute Gasteiger partial charge is 0.315 e. The van der Waals surface area contributed by atoms with E-state index in [-0.39, 0.29) is 23.3 Å². The molecule has 15 heavy (non-hydrogen) atoms. The van der Waals surface area contributed by atoms with Crippen LogP contribution < -0.4 is 10.6 Å². The highest BCUT2D eigenvalue weighted by molar-refractivity contribution is 5.87. The van der Waals surface area contributed by atoms with Gasteiger partial charge in [-0.05, 0) is 26.2 Å². The van der Waals surface area contributed by atoms with Gasteiger partial charge >= 0.3 is 6.03 Å². The zero-order valence-corrected chi connectivity index (χ0v) is 10.5. The Bertz CT molecular complexity index is 241. The van der Waals surface area contributed by atoms with Crippen LogP contribution in [0.25, 0.3) is 0 Å². The molecule has 0 rings (SSSR count). The van der Waals surface area contributed by atoms with Crippen LogP contribution in [0.4, 0.5) is 4.79 Å². The van der Waals surface area contributed by atoms with E-state index in [0.29, 0.717) is 0 Å². The topological polar surface area (TPSA) is 58.2 Å². The van der Waals surface area contributed by atoms with Gasteiger partial charge in [0.05, 0.1) is 6.04 Å². The second-order valence-electron chi connectivity index (χ2n) is 5.18. The second-order valence-corrected chi connectivity index (χ2v) is 5.18. The normalized spacial score (nSPS) is 13.5. The fourth-order valence-electron chi connectivity index (χ4n) is 1.36. The molecule has 88 valence electrons.